The number of ether oxygens (including phenoxy) is 1. The van der Waals surface area contributed by atoms with Crippen LogP contribution in [0.4, 0.5) is 5.69 Å². The van der Waals surface area contributed by atoms with Gasteiger partial charge in [0, 0.05) is 18.8 Å². The molecule has 0 amide bonds. The number of carbonyl (C=O) groups is 1. The highest BCUT2D eigenvalue weighted by atomic mass is 32.2. The molecule has 21 heavy (non-hydrogen) atoms. The molecule has 7 nitrogen and oxygen atoms in total. The normalized spacial score (nSPS) is 18.6. The summed E-state index contributed by atoms with van der Waals surface area (Å²) in [5, 5.41) is 17.2. The zero-order valence-corrected chi connectivity index (χ0v) is 12.2. The summed E-state index contributed by atoms with van der Waals surface area (Å²) in [5.41, 5.74) is 0.252. The Hall–Kier alpha value is -1.64. The summed E-state index contributed by atoms with van der Waals surface area (Å²) < 4.78 is 28.0. The lowest BCUT2D eigenvalue weighted by atomic mass is 10.1. The number of rotatable bonds is 6. The first-order valence-corrected chi connectivity index (χ1v) is 8.18. The van der Waals surface area contributed by atoms with Crippen LogP contribution >= 0.6 is 0 Å². The average molecular weight is 314 g/mol. The highest BCUT2D eigenvalue weighted by Gasteiger charge is 2.17. The maximum absolute atomic E-state index is 11.3. The predicted octanol–water partition coefficient (Wildman–Crippen LogP) is 1.01. The number of carboxylic acid groups (broad SMARTS) is 1. The van der Waals surface area contributed by atoms with E-state index in [0.717, 1.165) is 31.9 Å². The highest BCUT2D eigenvalue weighted by molar-refractivity contribution is 7.89. The smallest absolute Gasteiger partial charge is 0.337 e. The molecule has 1 aliphatic heterocycles. The second-order valence-corrected chi connectivity index (χ2v) is 6.47. The van der Waals surface area contributed by atoms with Crippen molar-refractivity contribution in [3.8, 4) is 0 Å². The summed E-state index contributed by atoms with van der Waals surface area (Å²) in [6.07, 6.45) is 3.04. The van der Waals surface area contributed by atoms with E-state index >= 15 is 0 Å². The molecule has 0 aliphatic carbocycles. The largest absolute Gasteiger partial charge is 0.478 e. The molecule has 1 unspecified atom stereocenters. The van der Waals surface area contributed by atoms with Crippen molar-refractivity contribution < 1.29 is 23.1 Å². The summed E-state index contributed by atoms with van der Waals surface area (Å²) in [6, 6.07) is 3.76. The molecule has 1 aromatic carbocycles. The predicted molar refractivity (Wildman–Crippen MR) is 76.9 cm³/mol. The second kappa shape index (κ2) is 6.42. The topological polar surface area (TPSA) is 119 Å². The van der Waals surface area contributed by atoms with Crippen molar-refractivity contribution in [3.05, 3.63) is 23.8 Å². The number of anilines is 1. The van der Waals surface area contributed by atoms with E-state index in [0.29, 0.717) is 12.2 Å². The molecule has 2 rings (SSSR count). The molecule has 0 radical (unpaired) electrons. The molecule has 0 aromatic heterocycles. The Kier molecular flexibility index (Phi) is 4.81. The zero-order valence-electron chi connectivity index (χ0n) is 11.4. The van der Waals surface area contributed by atoms with E-state index in [1.165, 1.54) is 12.1 Å². The fraction of sp³-hybridized carbons (Fsp3) is 0.462. The van der Waals surface area contributed by atoms with Crippen LogP contribution in [-0.4, -0.2) is 38.7 Å². The number of carboxylic acids is 1. The van der Waals surface area contributed by atoms with Crippen molar-refractivity contribution in [2.24, 2.45) is 5.14 Å². The van der Waals surface area contributed by atoms with Crippen molar-refractivity contribution in [2.75, 3.05) is 18.5 Å². The van der Waals surface area contributed by atoms with E-state index in [-0.39, 0.29) is 16.6 Å². The van der Waals surface area contributed by atoms with Crippen LogP contribution in [0.25, 0.3) is 0 Å². The van der Waals surface area contributed by atoms with E-state index < -0.39 is 16.0 Å². The van der Waals surface area contributed by atoms with Gasteiger partial charge in [-0.15, -0.1) is 0 Å². The molecular formula is C13H18N2O5S. The maximum Gasteiger partial charge on any atom is 0.337 e. The fourth-order valence-electron chi connectivity index (χ4n) is 2.27. The quantitative estimate of drug-likeness (QED) is 0.721. The van der Waals surface area contributed by atoms with Gasteiger partial charge < -0.3 is 15.2 Å². The molecule has 0 spiro atoms. The molecule has 1 saturated heterocycles. The van der Waals surface area contributed by atoms with Gasteiger partial charge in [0.2, 0.25) is 10.0 Å². The van der Waals surface area contributed by atoms with Crippen LogP contribution in [0.15, 0.2) is 23.1 Å². The molecule has 1 heterocycles. The Morgan fingerprint density at radius 2 is 2.24 bits per heavy atom. The Labute approximate surface area is 123 Å². The van der Waals surface area contributed by atoms with Gasteiger partial charge >= 0.3 is 5.97 Å². The maximum atomic E-state index is 11.3. The standard InChI is InChI=1S/C13H18N2O5S/c14-21(18,19)10-3-4-12(11(8-10)13(16)17)15-6-5-9-2-1-7-20-9/h3-4,8-9,15H,1-2,5-7H2,(H,16,17)(H2,14,18,19). The van der Waals surface area contributed by atoms with Crippen LogP contribution in [-0.2, 0) is 14.8 Å². The van der Waals surface area contributed by atoms with Crippen LogP contribution in [0.1, 0.15) is 29.6 Å². The third-order valence-electron chi connectivity index (χ3n) is 3.36. The fourth-order valence-corrected chi connectivity index (χ4v) is 2.81. The zero-order chi connectivity index (χ0) is 15.5. The van der Waals surface area contributed by atoms with Crippen molar-refractivity contribution in [1.82, 2.24) is 0 Å². The van der Waals surface area contributed by atoms with Crippen LogP contribution in [0.5, 0.6) is 0 Å². The Balaban J connectivity index is 2.09. The highest BCUT2D eigenvalue weighted by Crippen LogP contribution is 2.21. The Morgan fingerprint density at radius 3 is 2.81 bits per heavy atom. The average Bonchev–Trinajstić information content (AvgIpc) is 2.90. The van der Waals surface area contributed by atoms with Gasteiger partial charge in [0.1, 0.15) is 0 Å². The van der Waals surface area contributed by atoms with Gasteiger partial charge in [-0.1, -0.05) is 0 Å². The second-order valence-electron chi connectivity index (χ2n) is 4.91. The summed E-state index contributed by atoms with van der Waals surface area (Å²) in [7, 11) is -3.92. The number of benzene rings is 1. The first kappa shape index (κ1) is 15.7. The molecule has 1 aromatic rings. The van der Waals surface area contributed by atoms with Crippen molar-refractivity contribution in [2.45, 2.75) is 30.3 Å². The van der Waals surface area contributed by atoms with Crippen molar-refractivity contribution >= 4 is 21.7 Å². The van der Waals surface area contributed by atoms with E-state index in [1.807, 2.05) is 0 Å². The Morgan fingerprint density at radius 1 is 1.48 bits per heavy atom. The molecule has 0 saturated carbocycles. The minimum Gasteiger partial charge on any atom is -0.478 e. The van der Waals surface area contributed by atoms with Gasteiger partial charge in [-0.2, -0.15) is 0 Å². The molecular weight excluding hydrogens is 296 g/mol. The van der Waals surface area contributed by atoms with Gasteiger partial charge in [-0.3, -0.25) is 0 Å². The third kappa shape index (κ3) is 4.16. The first-order chi connectivity index (χ1) is 9.88. The van der Waals surface area contributed by atoms with Gasteiger partial charge in [0.25, 0.3) is 0 Å². The van der Waals surface area contributed by atoms with Crippen LogP contribution in [0.2, 0.25) is 0 Å². The van der Waals surface area contributed by atoms with Crippen molar-refractivity contribution in [3.63, 3.8) is 0 Å². The van der Waals surface area contributed by atoms with Crippen LogP contribution in [0.3, 0.4) is 0 Å². The van der Waals surface area contributed by atoms with E-state index in [9.17, 15) is 13.2 Å². The molecule has 1 aliphatic rings. The summed E-state index contributed by atoms with van der Waals surface area (Å²) in [5.74, 6) is -1.21. The summed E-state index contributed by atoms with van der Waals surface area (Å²) in [6.45, 7) is 1.33. The molecule has 116 valence electrons. The monoisotopic (exact) mass is 314 g/mol. The van der Waals surface area contributed by atoms with E-state index in [2.05, 4.69) is 5.32 Å². The SMILES string of the molecule is NS(=O)(=O)c1ccc(NCCC2CCCO2)c(C(=O)O)c1. The number of primary sulfonamides is 1. The number of nitrogens with one attached hydrogen (secondary N) is 1. The summed E-state index contributed by atoms with van der Waals surface area (Å²) in [4.78, 5) is 11.0. The molecule has 4 N–H and O–H groups in total. The van der Waals surface area contributed by atoms with Gasteiger partial charge in [0.05, 0.1) is 16.6 Å². The number of nitrogens with two attached hydrogens (primary N) is 1. The minimum atomic E-state index is -3.92. The lowest BCUT2D eigenvalue weighted by Crippen LogP contribution is -2.16. The number of aromatic carboxylic acids is 1. The number of hydrogen-bond acceptors (Lipinski definition) is 5. The molecule has 0 bridgehead atoms. The molecule has 8 heteroatoms. The molecule has 1 atom stereocenters. The van der Waals surface area contributed by atoms with Gasteiger partial charge in [-0.25, -0.2) is 18.4 Å². The lowest BCUT2D eigenvalue weighted by molar-refractivity contribution is 0.0697. The van der Waals surface area contributed by atoms with Crippen LogP contribution in [0, 0.1) is 0 Å². The summed E-state index contributed by atoms with van der Waals surface area (Å²) >= 11 is 0. The van der Waals surface area contributed by atoms with E-state index in [1.54, 1.807) is 0 Å². The lowest BCUT2D eigenvalue weighted by Gasteiger charge is -2.13. The minimum absolute atomic E-state index is 0.117. The van der Waals surface area contributed by atoms with Crippen LogP contribution < -0.4 is 10.5 Å². The van der Waals surface area contributed by atoms with Crippen molar-refractivity contribution in [1.29, 1.82) is 0 Å². The molecule has 1 fully saturated rings. The number of hydrogen-bond donors (Lipinski definition) is 3. The van der Waals surface area contributed by atoms with Gasteiger partial charge in [-0.05, 0) is 37.5 Å². The third-order valence-corrected chi connectivity index (χ3v) is 4.27. The van der Waals surface area contributed by atoms with Gasteiger partial charge in [0.15, 0.2) is 0 Å². The number of sulfonamides is 1. The van der Waals surface area contributed by atoms with E-state index in [4.69, 9.17) is 15.0 Å². The first-order valence-electron chi connectivity index (χ1n) is 6.63. The Bertz CT molecular complexity index is 623.